The molecule has 2 N–H and O–H groups in total. The van der Waals surface area contributed by atoms with E-state index in [1.165, 1.54) is 6.42 Å². The van der Waals surface area contributed by atoms with Crippen molar-refractivity contribution in [1.82, 2.24) is 9.78 Å². The minimum Gasteiger partial charge on any atom is -0.383 e. The molecular weight excluding hydrogens is 290 g/mol. The van der Waals surface area contributed by atoms with E-state index in [0.717, 1.165) is 25.0 Å². The molecular formula is C15H26ClN3O2. The van der Waals surface area contributed by atoms with Crippen LogP contribution in [0.3, 0.4) is 0 Å². The number of ether oxygens (including phenoxy) is 2. The maximum absolute atomic E-state index is 6.58. The van der Waals surface area contributed by atoms with Crippen LogP contribution in [0.2, 0.25) is 5.02 Å². The van der Waals surface area contributed by atoms with Crippen LogP contribution in [-0.4, -0.2) is 36.2 Å². The first-order chi connectivity index (χ1) is 10.0. The largest absolute Gasteiger partial charge is 0.383 e. The number of hydrogen-bond donors (Lipinski definition) is 1. The van der Waals surface area contributed by atoms with E-state index in [4.69, 9.17) is 26.8 Å². The fourth-order valence-electron chi connectivity index (χ4n) is 3.42. The topological polar surface area (TPSA) is 62.3 Å². The minimum absolute atomic E-state index is 0.280. The van der Waals surface area contributed by atoms with Crippen molar-refractivity contribution in [1.29, 1.82) is 0 Å². The molecule has 2 rings (SSSR count). The van der Waals surface area contributed by atoms with Gasteiger partial charge in [-0.2, -0.15) is 5.10 Å². The quantitative estimate of drug-likeness (QED) is 0.877. The summed E-state index contributed by atoms with van der Waals surface area (Å²) in [5.41, 5.74) is 7.08. The van der Waals surface area contributed by atoms with E-state index in [-0.39, 0.29) is 11.6 Å². The predicted molar refractivity (Wildman–Crippen MR) is 83.4 cm³/mol. The number of methoxy groups -OCH3 is 2. The van der Waals surface area contributed by atoms with Crippen molar-refractivity contribution < 1.29 is 9.47 Å². The molecule has 1 fully saturated rings. The number of hydrogen-bond acceptors (Lipinski definition) is 4. The molecule has 1 aromatic heterocycles. The van der Waals surface area contributed by atoms with Crippen LogP contribution in [0.1, 0.15) is 44.3 Å². The van der Waals surface area contributed by atoms with Gasteiger partial charge in [-0.25, -0.2) is 0 Å². The van der Waals surface area contributed by atoms with Gasteiger partial charge in [0.25, 0.3) is 0 Å². The van der Waals surface area contributed by atoms with Gasteiger partial charge in [-0.15, -0.1) is 0 Å². The number of nitrogens with zero attached hydrogens (tertiary/aromatic N) is 2. The van der Waals surface area contributed by atoms with Crippen LogP contribution in [0.5, 0.6) is 0 Å². The van der Waals surface area contributed by atoms with Gasteiger partial charge in [-0.3, -0.25) is 4.68 Å². The molecule has 1 aromatic rings. The van der Waals surface area contributed by atoms with Crippen molar-refractivity contribution >= 4 is 11.6 Å². The summed E-state index contributed by atoms with van der Waals surface area (Å²) in [5.74, 6) is 0.610. The highest BCUT2D eigenvalue weighted by Gasteiger charge is 2.43. The first kappa shape index (κ1) is 16.7. The van der Waals surface area contributed by atoms with Crippen molar-refractivity contribution in [3.8, 4) is 0 Å². The Morgan fingerprint density at radius 2 is 2.33 bits per heavy atom. The Balaban J connectivity index is 2.28. The van der Waals surface area contributed by atoms with Gasteiger partial charge in [0.05, 0.1) is 41.7 Å². The Hall–Kier alpha value is -0.620. The molecule has 5 nitrogen and oxygen atoms in total. The number of halogens is 1. The molecule has 1 aliphatic carbocycles. The van der Waals surface area contributed by atoms with E-state index in [9.17, 15) is 0 Å². The lowest BCUT2D eigenvalue weighted by Crippen LogP contribution is -2.47. The van der Waals surface area contributed by atoms with Crippen LogP contribution in [0.15, 0.2) is 6.20 Å². The van der Waals surface area contributed by atoms with E-state index in [1.54, 1.807) is 20.4 Å². The Kier molecular flexibility index (Phi) is 5.66. The molecule has 0 aromatic carbocycles. The third-order valence-corrected chi connectivity index (χ3v) is 4.89. The van der Waals surface area contributed by atoms with Crippen molar-refractivity contribution in [3.63, 3.8) is 0 Å². The Bertz CT molecular complexity index is 466. The average Bonchev–Trinajstić information content (AvgIpc) is 2.85. The zero-order valence-electron chi connectivity index (χ0n) is 13.1. The van der Waals surface area contributed by atoms with Crippen molar-refractivity contribution in [2.24, 2.45) is 11.7 Å². The summed E-state index contributed by atoms with van der Waals surface area (Å²) < 4.78 is 12.9. The van der Waals surface area contributed by atoms with Gasteiger partial charge in [0.1, 0.15) is 0 Å². The van der Waals surface area contributed by atoms with Crippen LogP contribution < -0.4 is 5.73 Å². The third-order valence-electron chi connectivity index (χ3n) is 4.60. The second kappa shape index (κ2) is 7.09. The van der Waals surface area contributed by atoms with Gasteiger partial charge in [-0.05, 0) is 18.8 Å². The fourth-order valence-corrected chi connectivity index (χ4v) is 3.68. The molecule has 6 heteroatoms. The van der Waals surface area contributed by atoms with E-state index in [1.807, 2.05) is 4.68 Å². The standard InChI is InChI=1S/C15H26ClN3O2/c1-11-5-4-6-15(9-11,21-3)14(17)13-12(16)10-18-19(13)7-8-20-2/h10-11,14H,4-9,17H2,1-3H3. The molecule has 1 saturated carbocycles. The molecule has 0 bridgehead atoms. The molecule has 3 atom stereocenters. The summed E-state index contributed by atoms with van der Waals surface area (Å²) in [4.78, 5) is 0. The minimum atomic E-state index is -0.355. The van der Waals surface area contributed by atoms with Gasteiger partial charge >= 0.3 is 0 Å². The van der Waals surface area contributed by atoms with Crippen LogP contribution in [0.4, 0.5) is 0 Å². The monoisotopic (exact) mass is 315 g/mol. The maximum atomic E-state index is 6.58. The Morgan fingerprint density at radius 1 is 1.57 bits per heavy atom. The van der Waals surface area contributed by atoms with Crippen molar-refractivity contribution in [2.45, 2.75) is 50.8 Å². The van der Waals surface area contributed by atoms with Crippen LogP contribution in [0.25, 0.3) is 0 Å². The summed E-state index contributed by atoms with van der Waals surface area (Å²) >= 11 is 6.33. The zero-order chi connectivity index (χ0) is 15.5. The number of rotatable bonds is 6. The molecule has 0 radical (unpaired) electrons. The van der Waals surface area contributed by atoms with E-state index < -0.39 is 0 Å². The van der Waals surface area contributed by atoms with Crippen molar-refractivity contribution in [3.05, 3.63) is 16.9 Å². The Labute approximate surface area is 131 Å². The molecule has 3 unspecified atom stereocenters. The molecule has 1 heterocycles. The van der Waals surface area contributed by atoms with Gasteiger partial charge in [0.2, 0.25) is 0 Å². The van der Waals surface area contributed by atoms with E-state index >= 15 is 0 Å². The lowest BCUT2D eigenvalue weighted by atomic mass is 9.74. The molecule has 120 valence electrons. The van der Waals surface area contributed by atoms with Gasteiger partial charge in [0.15, 0.2) is 0 Å². The average molecular weight is 316 g/mol. The summed E-state index contributed by atoms with van der Waals surface area (Å²) in [6.45, 7) is 3.47. The molecule has 0 spiro atoms. The predicted octanol–water partition coefficient (Wildman–Crippen LogP) is 2.78. The summed E-state index contributed by atoms with van der Waals surface area (Å²) in [6.07, 6.45) is 5.93. The van der Waals surface area contributed by atoms with Gasteiger partial charge < -0.3 is 15.2 Å². The summed E-state index contributed by atoms with van der Waals surface area (Å²) in [6, 6.07) is -0.280. The second-order valence-corrected chi connectivity index (χ2v) is 6.45. The first-order valence-corrected chi connectivity index (χ1v) is 7.92. The van der Waals surface area contributed by atoms with Gasteiger partial charge in [-0.1, -0.05) is 31.4 Å². The fraction of sp³-hybridized carbons (Fsp3) is 0.800. The highest BCUT2D eigenvalue weighted by Crippen LogP contribution is 2.43. The Morgan fingerprint density at radius 3 is 2.95 bits per heavy atom. The van der Waals surface area contributed by atoms with Crippen molar-refractivity contribution in [2.75, 3.05) is 20.8 Å². The number of nitrogens with two attached hydrogens (primary N) is 1. The highest BCUT2D eigenvalue weighted by atomic mass is 35.5. The van der Waals surface area contributed by atoms with Crippen LogP contribution in [0, 0.1) is 5.92 Å². The SMILES string of the molecule is COCCn1ncc(Cl)c1C(N)C1(OC)CCCC(C)C1. The molecule has 0 aliphatic heterocycles. The molecule has 0 amide bonds. The summed E-state index contributed by atoms with van der Waals surface area (Å²) in [5, 5.41) is 4.93. The maximum Gasteiger partial charge on any atom is 0.0888 e. The lowest BCUT2D eigenvalue weighted by molar-refractivity contribution is -0.0735. The molecule has 21 heavy (non-hydrogen) atoms. The number of aromatic nitrogens is 2. The smallest absolute Gasteiger partial charge is 0.0888 e. The zero-order valence-corrected chi connectivity index (χ0v) is 13.9. The summed E-state index contributed by atoms with van der Waals surface area (Å²) in [7, 11) is 3.42. The van der Waals surface area contributed by atoms with E-state index in [0.29, 0.717) is 24.1 Å². The highest BCUT2D eigenvalue weighted by molar-refractivity contribution is 6.31. The van der Waals surface area contributed by atoms with Crippen LogP contribution >= 0.6 is 11.6 Å². The molecule has 1 aliphatic rings. The lowest BCUT2D eigenvalue weighted by Gasteiger charge is -2.43. The first-order valence-electron chi connectivity index (χ1n) is 7.55. The third kappa shape index (κ3) is 3.42. The second-order valence-electron chi connectivity index (χ2n) is 6.04. The molecule has 0 saturated heterocycles. The van der Waals surface area contributed by atoms with Crippen LogP contribution in [-0.2, 0) is 16.0 Å². The normalized spacial score (nSPS) is 27.8. The van der Waals surface area contributed by atoms with E-state index in [2.05, 4.69) is 12.0 Å². The van der Waals surface area contributed by atoms with Gasteiger partial charge in [0, 0.05) is 14.2 Å².